The number of aryl methyl sites for hydroxylation is 1. The molecule has 1 aliphatic rings. The van der Waals surface area contributed by atoms with Crippen molar-refractivity contribution in [1.82, 2.24) is 4.98 Å². The Bertz CT molecular complexity index is 957. The van der Waals surface area contributed by atoms with Crippen LogP contribution in [0.4, 0.5) is 0 Å². The zero-order valence-corrected chi connectivity index (χ0v) is 15.4. The van der Waals surface area contributed by atoms with Crippen LogP contribution < -0.4 is 9.47 Å². The molecule has 0 fully saturated rings. The number of rotatable bonds is 1. The molecule has 0 N–H and O–H groups in total. The Morgan fingerprint density at radius 2 is 1.67 bits per heavy atom. The summed E-state index contributed by atoms with van der Waals surface area (Å²) in [5.74, 6) is 1.49. The first-order chi connectivity index (χ1) is 11.0. The van der Waals surface area contributed by atoms with Crippen molar-refractivity contribution in [2.24, 2.45) is 0 Å². The average molecular weight is 383 g/mol. The summed E-state index contributed by atoms with van der Waals surface area (Å²) in [4.78, 5) is 4.81. The number of pyridine rings is 1. The van der Waals surface area contributed by atoms with E-state index < -0.39 is 0 Å². The minimum absolute atomic E-state index is 0. The molecule has 124 valence electrons. The highest BCUT2D eigenvalue weighted by molar-refractivity contribution is 6.36. The van der Waals surface area contributed by atoms with Crippen molar-refractivity contribution in [2.45, 2.75) is 13.8 Å². The molecule has 0 radical (unpaired) electrons. The summed E-state index contributed by atoms with van der Waals surface area (Å²) < 4.78 is 10.9. The molecular formula is C18H14Cl3NO2. The molecule has 0 unspecified atom stereocenters. The Labute approximate surface area is 155 Å². The fourth-order valence-electron chi connectivity index (χ4n) is 2.85. The van der Waals surface area contributed by atoms with Crippen molar-refractivity contribution in [3.63, 3.8) is 0 Å². The van der Waals surface area contributed by atoms with Gasteiger partial charge in [0.2, 0.25) is 6.79 Å². The average Bonchev–Trinajstić information content (AvgIpc) is 2.97. The molecule has 4 rings (SSSR count). The molecule has 2 aromatic carbocycles. The van der Waals surface area contributed by atoms with E-state index in [-0.39, 0.29) is 19.2 Å². The summed E-state index contributed by atoms with van der Waals surface area (Å²) in [5, 5.41) is 2.26. The lowest BCUT2D eigenvalue weighted by Gasteiger charge is -2.13. The predicted molar refractivity (Wildman–Crippen MR) is 100 cm³/mol. The second-order valence-electron chi connectivity index (χ2n) is 5.56. The summed E-state index contributed by atoms with van der Waals surface area (Å²) in [6.07, 6.45) is 0. The van der Waals surface area contributed by atoms with Gasteiger partial charge in [-0.05, 0) is 49.2 Å². The number of aromatic nitrogens is 1. The van der Waals surface area contributed by atoms with Crippen LogP contribution in [0, 0.1) is 13.8 Å². The Balaban J connectivity index is 0.00000169. The highest BCUT2D eigenvalue weighted by Gasteiger charge is 2.19. The van der Waals surface area contributed by atoms with Crippen molar-refractivity contribution < 1.29 is 9.47 Å². The van der Waals surface area contributed by atoms with Crippen LogP contribution in [0.25, 0.3) is 22.2 Å². The Morgan fingerprint density at radius 3 is 2.38 bits per heavy atom. The standard InChI is InChI=1S/C18H13Cl2NO2.ClH/c1-9-10(2)18(12-4-3-11(19)5-14(12)20)21-15-7-17-16(6-13(9)15)22-8-23-17;/h3-7H,8H2,1-2H3;1H. The van der Waals surface area contributed by atoms with Crippen molar-refractivity contribution in [3.8, 4) is 22.8 Å². The van der Waals surface area contributed by atoms with Gasteiger partial charge in [0.25, 0.3) is 0 Å². The maximum Gasteiger partial charge on any atom is 0.231 e. The van der Waals surface area contributed by atoms with Gasteiger partial charge >= 0.3 is 0 Å². The van der Waals surface area contributed by atoms with Crippen LogP contribution in [0.1, 0.15) is 11.1 Å². The second kappa shape index (κ2) is 6.32. The molecule has 1 aliphatic heterocycles. The summed E-state index contributed by atoms with van der Waals surface area (Å²) in [6.45, 7) is 4.38. The van der Waals surface area contributed by atoms with E-state index in [4.69, 9.17) is 37.7 Å². The van der Waals surface area contributed by atoms with Gasteiger partial charge in [-0.2, -0.15) is 0 Å². The molecule has 0 saturated carbocycles. The Hall–Kier alpha value is -1.68. The van der Waals surface area contributed by atoms with E-state index in [2.05, 4.69) is 6.92 Å². The van der Waals surface area contributed by atoms with E-state index in [1.54, 1.807) is 6.07 Å². The van der Waals surface area contributed by atoms with Crippen molar-refractivity contribution in [1.29, 1.82) is 0 Å². The number of nitrogens with zero attached hydrogens (tertiary/aromatic N) is 1. The number of halogens is 3. The number of ether oxygens (including phenoxy) is 2. The molecule has 3 aromatic rings. The van der Waals surface area contributed by atoms with Crippen LogP contribution in [-0.4, -0.2) is 11.8 Å². The summed E-state index contributed by atoms with van der Waals surface area (Å²) in [6, 6.07) is 9.36. The molecule has 2 heterocycles. The normalized spacial score (nSPS) is 12.3. The fraction of sp³-hybridized carbons (Fsp3) is 0.167. The second-order valence-corrected chi connectivity index (χ2v) is 6.40. The summed E-state index contributed by atoms with van der Waals surface area (Å²) in [7, 11) is 0. The van der Waals surface area contributed by atoms with Gasteiger partial charge in [0.15, 0.2) is 11.5 Å². The largest absolute Gasteiger partial charge is 0.454 e. The van der Waals surface area contributed by atoms with Crippen LogP contribution in [0.3, 0.4) is 0 Å². The minimum Gasteiger partial charge on any atom is -0.454 e. The molecule has 3 nitrogen and oxygen atoms in total. The lowest BCUT2D eigenvalue weighted by atomic mass is 9.98. The van der Waals surface area contributed by atoms with Gasteiger partial charge in [0.05, 0.1) is 16.2 Å². The van der Waals surface area contributed by atoms with Gasteiger partial charge in [-0.15, -0.1) is 12.4 Å². The summed E-state index contributed by atoms with van der Waals surface area (Å²) in [5.41, 5.74) is 4.82. The first kappa shape index (κ1) is 17.2. The van der Waals surface area contributed by atoms with Gasteiger partial charge in [-0.1, -0.05) is 23.2 Å². The minimum atomic E-state index is 0. The molecule has 0 saturated heterocycles. The van der Waals surface area contributed by atoms with E-state index in [1.807, 2.05) is 31.2 Å². The highest BCUT2D eigenvalue weighted by Crippen LogP contribution is 2.40. The molecular weight excluding hydrogens is 369 g/mol. The third kappa shape index (κ3) is 2.67. The zero-order valence-electron chi connectivity index (χ0n) is 13.0. The molecule has 0 atom stereocenters. The van der Waals surface area contributed by atoms with Crippen molar-refractivity contribution >= 4 is 46.5 Å². The molecule has 0 aliphatic carbocycles. The Kier molecular flexibility index (Phi) is 4.52. The maximum absolute atomic E-state index is 6.36. The molecule has 1 aromatic heterocycles. The highest BCUT2D eigenvalue weighted by atomic mass is 35.5. The molecule has 6 heteroatoms. The lowest BCUT2D eigenvalue weighted by Crippen LogP contribution is -1.95. The van der Waals surface area contributed by atoms with E-state index >= 15 is 0 Å². The fourth-order valence-corrected chi connectivity index (χ4v) is 3.35. The van der Waals surface area contributed by atoms with E-state index in [0.29, 0.717) is 10.0 Å². The van der Waals surface area contributed by atoms with E-state index in [9.17, 15) is 0 Å². The first-order valence-electron chi connectivity index (χ1n) is 7.20. The van der Waals surface area contributed by atoms with Crippen LogP contribution in [0.2, 0.25) is 10.0 Å². The lowest BCUT2D eigenvalue weighted by molar-refractivity contribution is 0.174. The van der Waals surface area contributed by atoms with Crippen LogP contribution in [0.5, 0.6) is 11.5 Å². The third-order valence-corrected chi connectivity index (χ3v) is 4.78. The van der Waals surface area contributed by atoms with Crippen LogP contribution in [0.15, 0.2) is 30.3 Å². The number of benzene rings is 2. The first-order valence-corrected chi connectivity index (χ1v) is 7.96. The van der Waals surface area contributed by atoms with Gasteiger partial charge in [0.1, 0.15) is 0 Å². The van der Waals surface area contributed by atoms with Gasteiger partial charge in [-0.3, -0.25) is 0 Å². The quantitative estimate of drug-likeness (QED) is 0.519. The Morgan fingerprint density at radius 1 is 0.958 bits per heavy atom. The SMILES string of the molecule is Cc1c(-c2ccc(Cl)cc2Cl)nc2cc3c(cc2c1C)OCO3.Cl. The monoisotopic (exact) mass is 381 g/mol. The van der Waals surface area contributed by atoms with E-state index in [1.165, 1.54) is 0 Å². The van der Waals surface area contributed by atoms with Gasteiger partial charge in [0, 0.05) is 22.0 Å². The molecule has 24 heavy (non-hydrogen) atoms. The van der Waals surface area contributed by atoms with Crippen LogP contribution >= 0.6 is 35.6 Å². The smallest absolute Gasteiger partial charge is 0.231 e. The number of hydrogen-bond donors (Lipinski definition) is 0. The topological polar surface area (TPSA) is 31.4 Å². The summed E-state index contributed by atoms with van der Waals surface area (Å²) >= 11 is 12.4. The number of hydrogen-bond acceptors (Lipinski definition) is 3. The third-order valence-electron chi connectivity index (χ3n) is 4.23. The molecule has 0 spiro atoms. The molecule has 0 amide bonds. The molecule has 0 bridgehead atoms. The van der Waals surface area contributed by atoms with Crippen molar-refractivity contribution in [3.05, 3.63) is 51.5 Å². The van der Waals surface area contributed by atoms with Crippen molar-refractivity contribution in [2.75, 3.05) is 6.79 Å². The zero-order chi connectivity index (χ0) is 16.1. The van der Waals surface area contributed by atoms with E-state index in [0.717, 1.165) is 44.8 Å². The number of fused-ring (bicyclic) bond motifs is 2. The maximum atomic E-state index is 6.36. The van der Waals surface area contributed by atoms with Gasteiger partial charge < -0.3 is 9.47 Å². The van der Waals surface area contributed by atoms with Gasteiger partial charge in [-0.25, -0.2) is 4.98 Å². The van der Waals surface area contributed by atoms with Crippen LogP contribution in [-0.2, 0) is 0 Å². The predicted octanol–water partition coefficient (Wildman–Crippen LogP) is 5.98.